The van der Waals surface area contributed by atoms with Gasteiger partial charge in [-0.2, -0.15) is 5.10 Å². The molecule has 0 unspecified atom stereocenters. The first-order chi connectivity index (χ1) is 9.87. The standard InChI is InChI=1S/C15H19N3O3/c1-15(2,8-7-14(20)21)16-13(19)9-12-10-5-3-4-6-11(10)17-18-12/h3-6H,7-9H2,1-2H3,(H,16,19)(H,17,18)(H,20,21). The molecule has 0 atom stereocenters. The Morgan fingerprint density at radius 3 is 2.76 bits per heavy atom. The zero-order valence-electron chi connectivity index (χ0n) is 12.1. The van der Waals surface area contributed by atoms with E-state index in [2.05, 4.69) is 15.5 Å². The van der Waals surface area contributed by atoms with Crippen LogP contribution in [-0.4, -0.2) is 32.7 Å². The number of nitrogens with one attached hydrogen (secondary N) is 2. The summed E-state index contributed by atoms with van der Waals surface area (Å²) in [5.74, 6) is -1.02. The third kappa shape index (κ3) is 4.05. The van der Waals surface area contributed by atoms with Crippen molar-refractivity contribution in [2.24, 2.45) is 0 Å². The van der Waals surface area contributed by atoms with E-state index in [1.165, 1.54) is 0 Å². The summed E-state index contributed by atoms with van der Waals surface area (Å²) in [5, 5.41) is 19.5. The Hall–Kier alpha value is -2.37. The molecule has 0 aliphatic rings. The summed E-state index contributed by atoms with van der Waals surface area (Å²) >= 11 is 0. The van der Waals surface area contributed by atoms with Crippen molar-refractivity contribution in [3.05, 3.63) is 30.0 Å². The van der Waals surface area contributed by atoms with E-state index in [0.717, 1.165) is 16.6 Å². The molecular formula is C15H19N3O3. The maximum atomic E-state index is 12.1. The molecule has 0 aliphatic carbocycles. The van der Waals surface area contributed by atoms with Gasteiger partial charge in [-0.3, -0.25) is 14.7 Å². The summed E-state index contributed by atoms with van der Waals surface area (Å²) in [7, 11) is 0. The number of H-pyrrole nitrogens is 1. The van der Waals surface area contributed by atoms with Crippen molar-refractivity contribution >= 4 is 22.8 Å². The highest BCUT2D eigenvalue weighted by molar-refractivity contribution is 5.87. The lowest BCUT2D eigenvalue weighted by Gasteiger charge is -2.25. The van der Waals surface area contributed by atoms with Crippen LogP contribution in [0.15, 0.2) is 24.3 Å². The predicted molar refractivity (Wildman–Crippen MR) is 78.9 cm³/mol. The van der Waals surface area contributed by atoms with Crippen LogP contribution in [0.5, 0.6) is 0 Å². The normalized spacial score (nSPS) is 11.5. The fourth-order valence-electron chi connectivity index (χ4n) is 2.21. The van der Waals surface area contributed by atoms with Crippen LogP contribution in [0.2, 0.25) is 0 Å². The molecule has 2 aromatic rings. The van der Waals surface area contributed by atoms with Gasteiger partial charge in [-0.25, -0.2) is 0 Å². The molecule has 0 spiro atoms. The number of aromatic nitrogens is 2. The third-order valence-electron chi connectivity index (χ3n) is 3.32. The minimum Gasteiger partial charge on any atom is -0.481 e. The number of aromatic amines is 1. The molecule has 0 radical (unpaired) electrons. The number of amides is 1. The number of hydrogen-bond donors (Lipinski definition) is 3. The summed E-state index contributed by atoms with van der Waals surface area (Å²) in [4.78, 5) is 22.7. The molecule has 1 heterocycles. The van der Waals surface area contributed by atoms with Crippen LogP contribution in [0.1, 0.15) is 32.4 Å². The number of hydrogen-bond acceptors (Lipinski definition) is 3. The van der Waals surface area contributed by atoms with E-state index in [-0.39, 0.29) is 18.7 Å². The van der Waals surface area contributed by atoms with Crippen molar-refractivity contribution in [3.8, 4) is 0 Å². The van der Waals surface area contributed by atoms with E-state index in [0.29, 0.717) is 6.42 Å². The van der Waals surface area contributed by atoms with Crippen molar-refractivity contribution in [2.75, 3.05) is 0 Å². The average Bonchev–Trinajstić information content (AvgIpc) is 2.79. The lowest BCUT2D eigenvalue weighted by molar-refractivity contribution is -0.137. The molecule has 21 heavy (non-hydrogen) atoms. The highest BCUT2D eigenvalue weighted by atomic mass is 16.4. The molecule has 2 rings (SSSR count). The highest BCUT2D eigenvalue weighted by Gasteiger charge is 2.22. The second kappa shape index (κ2) is 5.95. The lowest BCUT2D eigenvalue weighted by atomic mass is 9.98. The number of carbonyl (C=O) groups excluding carboxylic acids is 1. The molecular weight excluding hydrogens is 270 g/mol. The van der Waals surface area contributed by atoms with E-state index in [1.54, 1.807) is 0 Å². The summed E-state index contributed by atoms with van der Waals surface area (Å²) in [5.41, 5.74) is 1.04. The van der Waals surface area contributed by atoms with Gasteiger partial charge in [-0.15, -0.1) is 0 Å². The van der Waals surface area contributed by atoms with Crippen molar-refractivity contribution in [1.82, 2.24) is 15.5 Å². The largest absolute Gasteiger partial charge is 0.481 e. The number of carbonyl (C=O) groups is 2. The molecule has 1 aromatic carbocycles. The zero-order chi connectivity index (χ0) is 15.5. The van der Waals surface area contributed by atoms with Gasteiger partial charge in [0.05, 0.1) is 17.6 Å². The second-order valence-electron chi connectivity index (χ2n) is 5.72. The molecule has 1 amide bonds. The van der Waals surface area contributed by atoms with Crippen LogP contribution >= 0.6 is 0 Å². The van der Waals surface area contributed by atoms with Crippen LogP contribution in [0, 0.1) is 0 Å². The van der Waals surface area contributed by atoms with Gasteiger partial charge in [0.2, 0.25) is 5.91 Å². The van der Waals surface area contributed by atoms with Crippen LogP contribution in [0.25, 0.3) is 10.9 Å². The topological polar surface area (TPSA) is 95.1 Å². The number of carboxylic acid groups (broad SMARTS) is 1. The van der Waals surface area contributed by atoms with Gasteiger partial charge in [-0.05, 0) is 26.3 Å². The predicted octanol–water partition coefficient (Wildman–Crippen LogP) is 1.86. The van der Waals surface area contributed by atoms with E-state index < -0.39 is 11.5 Å². The lowest BCUT2D eigenvalue weighted by Crippen LogP contribution is -2.44. The Labute approximate surface area is 122 Å². The van der Waals surface area contributed by atoms with Gasteiger partial charge < -0.3 is 10.4 Å². The number of nitrogens with zero attached hydrogens (tertiary/aromatic N) is 1. The maximum Gasteiger partial charge on any atom is 0.303 e. The number of carboxylic acids is 1. The molecule has 0 aliphatic heterocycles. The third-order valence-corrected chi connectivity index (χ3v) is 3.32. The molecule has 0 saturated carbocycles. The van der Waals surface area contributed by atoms with E-state index in [1.807, 2.05) is 38.1 Å². The number of benzene rings is 1. The van der Waals surface area contributed by atoms with Crippen molar-refractivity contribution in [2.45, 2.75) is 38.6 Å². The molecule has 6 nitrogen and oxygen atoms in total. The van der Waals surface area contributed by atoms with Crippen LogP contribution in [0.3, 0.4) is 0 Å². The number of aliphatic carboxylic acids is 1. The summed E-state index contributed by atoms with van der Waals surface area (Å²) in [6.45, 7) is 3.64. The van der Waals surface area contributed by atoms with Crippen molar-refractivity contribution < 1.29 is 14.7 Å². The monoisotopic (exact) mass is 289 g/mol. The van der Waals surface area contributed by atoms with Crippen molar-refractivity contribution in [1.29, 1.82) is 0 Å². The van der Waals surface area contributed by atoms with Crippen molar-refractivity contribution in [3.63, 3.8) is 0 Å². The molecule has 1 aromatic heterocycles. The van der Waals surface area contributed by atoms with E-state index >= 15 is 0 Å². The Morgan fingerprint density at radius 2 is 2.05 bits per heavy atom. The zero-order valence-corrected chi connectivity index (χ0v) is 12.1. The molecule has 0 fully saturated rings. The Kier molecular flexibility index (Phi) is 4.26. The summed E-state index contributed by atoms with van der Waals surface area (Å²) < 4.78 is 0. The molecule has 0 bridgehead atoms. The first kappa shape index (κ1) is 15.0. The van der Waals surface area contributed by atoms with Gasteiger partial charge in [-0.1, -0.05) is 18.2 Å². The first-order valence-corrected chi connectivity index (χ1v) is 6.82. The fourth-order valence-corrected chi connectivity index (χ4v) is 2.21. The highest BCUT2D eigenvalue weighted by Crippen LogP contribution is 2.16. The Bertz CT molecular complexity index is 661. The number of fused-ring (bicyclic) bond motifs is 1. The fraction of sp³-hybridized carbons (Fsp3) is 0.400. The Balaban J connectivity index is 2.00. The summed E-state index contributed by atoms with van der Waals surface area (Å²) in [6.07, 6.45) is 0.606. The van der Waals surface area contributed by atoms with Gasteiger partial charge in [0.15, 0.2) is 0 Å². The Morgan fingerprint density at radius 1 is 1.33 bits per heavy atom. The molecule has 0 saturated heterocycles. The van der Waals surface area contributed by atoms with Crippen LogP contribution < -0.4 is 5.32 Å². The van der Waals surface area contributed by atoms with Gasteiger partial charge in [0, 0.05) is 17.3 Å². The number of para-hydroxylation sites is 1. The minimum atomic E-state index is -0.864. The first-order valence-electron chi connectivity index (χ1n) is 6.82. The average molecular weight is 289 g/mol. The van der Waals surface area contributed by atoms with Crippen LogP contribution in [-0.2, 0) is 16.0 Å². The molecule has 6 heteroatoms. The quantitative estimate of drug-likeness (QED) is 0.756. The summed E-state index contributed by atoms with van der Waals surface area (Å²) in [6, 6.07) is 7.58. The maximum absolute atomic E-state index is 12.1. The van der Waals surface area contributed by atoms with E-state index in [9.17, 15) is 9.59 Å². The van der Waals surface area contributed by atoms with E-state index in [4.69, 9.17) is 5.11 Å². The van der Waals surface area contributed by atoms with Gasteiger partial charge in [0.25, 0.3) is 0 Å². The molecule has 3 N–H and O–H groups in total. The van der Waals surface area contributed by atoms with Crippen LogP contribution in [0.4, 0.5) is 0 Å². The van der Waals surface area contributed by atoms with Gasteiger partial charge >= 0.3 is 5.97 Å². The SMILES string of the molecule is CC(C)(CCC(=O)O)NC(=O)Cc1[nH]nc2ccccc12. The van der Waals surface area contributed by atoms with Gasteiger partial charge in [0.1, 0.15) is 0 Å². The molecule has 112 valence electrons. The number of rotatable bonds is 6. The second-order valence-corrected chi connectivity index (χ2v) is 5.72. The minimum absolute atomic E-state index is 0.0280. The smallest absolute Gasteiger partial charge is 0.303 e.